The van der Waals surface area contributed by atoms with E-state index >= 15 is 0 Å². The highest BCUT2D eigenvalue weighted by Crippen LogP contribution is 2.25. The fraction of sp³-hybridized carbons (Fsp3) is 0.250. The van der Waals surface area contributed by atoms with Gasteiger partial charge >= 0.3 is 5.97 Å². The zero-order valence-corrected chi connectivity index (χ0v) is 8.74. The number of nitro groups is 1. The molecule has 0 bridgehead atoms. The van der Waals surface area contributed by atoms with Crippen LogP contribution in [0, 0.1) is 17.0 Å². The summed E-state index contributed by atoms with van der Waals surface area (Å²) in [5, 5.41) is 10.5. The topological polar surface area (TPSA) is 82.3 Å². The Bertz CT molecular complexity index is 433. The molecule has 0 N–H and O–H groups in total. The van der Waals surface area contributed by atoms with E-state index in [1.54, 1.807) is 0 Å². The molecule has 0 aromatic carbocycles. The second kappa shape index (κ2) is 4.22. The van der Waals surface area contributed by atoms with Gasteiger partial charge in [-0.2, -0.15) is 0 Å². The number of nitrogens with zero attached hydrogens (tertiary/aromatic N) is 2. The lowest BCUT2D eigenvalue weighted by Gasteiger charge is -2.05. The maximum atomic E-state index is 11.3. The van der Waals surface area contributed by atoms with Crippen LogP contribution in [0.15, 0.2) is 6.20 Å². The summed E-state index contributed by atoms with van der Waals surface area (Å²) in [7, 11) is 1.16. The summed E-state index contributed by atoms with van der Waals surface area (Å²) in [6.45, 7) is 1.41. The first kappa shape index (κ1) is 11.4. The summed E-state index contributed by atoms with van der Waals surface area (Å²) in [4.78, 5) is 24.7. The molecule has 0 saturated heterocycles. The zero-order chi connectivity index (χ0) is 11.6. The van der Waals surface area contributed by atoms with Crippen molar-refractivity contribution in [1.82, 2.24) is 4.98 Å². The molecule has 7 heteroatoms. The molecule has 0 aliphatic heterocycles. The number of halogens is 1. The molecule has 0 fully saturated rings. The third kappa shape index (κ3) is 2.04. The molecular weight excluding hydrogens is 224 g/mol. The fourth-order valence-electron chi connectivity index (χ4n) is 1.09. The van der Waals surface area contributed by atoms with Crippen molar-refractivity contribution in [3.63, 3.8) is 0 Å². The third-order valence-electron chi connectivity index (χ3n) is 1.85. The van der Waals surface area contributed by atoms with Crippen LogP contribution in [-0.4, -0.2) is 23.0 Å². The van der Waals surface area contributed by atoms with Crippen LogP contribution in [0.4, 0.5) is 5.69 Å². The van der Waals surface area contributed by atoms with E-state index in [0.29, 0.717) is 0 Å². The minimum Gasteiger partial charge on any atom is -0.465 e. The van der Waals surface area contributed by atoms with Gasteiger partial charge in [-0.15, -0.1) is 0 Å². The first-order chi connectivity index (χ1) is 6.99. The lowest BCUT2D eigenvalue weighted by atomic mass is 10.1. The van der Waals surface area contributed by atoms with Crippen molar-refractivity contribution in [3.05, 3.63) is 32.6 Å². The van der Waals surface area contributed by atoms with Gasteiger partial charge in [0.1, 0.15) is 16.9 Å². The Labute approximate surface area is 90.0 Å². The molecule has 0 atom stereocenters. The lowest BCUT2D eigenvalue weighted by Crippen LogP contribution is -2.08. The van der Waals surface area contributed by atoms with E-state index < -0.39 is 10.9 Å². The number of rotatable bonds is 2. The molecule has 0 unspecified atom stereocenters. The van der Waals surface area contributed by atoms with Gasteiger partial charge in [-0.1, -0.05) is 11.6 Å². The van der Waals surface area contributed by atoms with Crippen molar-refractivity contribution in [2.45, 2.75) is 6.92 Å². The van der Waals surface area contributed by atoms with Crippen LogP contribution in [0.2, 0.25) is 5.15 Å². The number of carbonyl (C=O) groups excluding carboxylic acids is 1. The van der Waals surface area contributed by atoms with E-state index in [2.05, 4.69) is 9.72 Å². The predicted molar refractivity (Wildman–Crippen MR) is 52.0 cm³/mol. The van der Waals surface area contributed by atoms with Crippen molar-refractivity contribution in [1.29, 1.82) is 0 Å². The largest absolute Gasteiger partial charge is 0.465 e. The smallest absolute Gasteiger partial charge is 0.341 e. The Morgan fingerprint density at radius 3 is 2.73 bits per heavy atom. The molecule has 15 heavy (non-hydrogen) atoms. The van der Waals surface area contributed by atoms with E-state index in [1.165, 1.54) is 6.92 Å². The predicted octanol–water partition coefficient (Wildman–Crippen LogP) is 1.74. The van der Waals surface area contributed by atoms with Crippen LogP contribution >= 0.6 is 11.6 Å². The molecule has 0 spiro atoms. The number of methoxy groups -OCH3 is 1. The molecule has 0 aliphatic rings. The van der Waals surface area contributed by atoms with Crippen molar-refractivity contribution in [3.8, 4) is 0 Å². The third-order valence-corrected chi connectivity index (χ3v) is 2.14. The molecule has 80 valence electrons. The number of aromatic nitrogens is 1. The van der Waals surface area contributed by atoms with Crippen LogP contribution < -0.4 is 0 Å². The average Bonchev–Trinajstić information content (AvgIpc) is 2.16. The quantitative estimate of drug-likeness (QED) is 0.334. The Morgan fingerprint density at radius 1 is 1.67 bits per heavy atom. The highest BCUT2D eigenvalue weighted by atomic mass is 35.5. The SMILES string of the molecule is COC(=O)c1c(Cl)ncc([N+](=O)[O-])c1C. The standard InChI is InChI=1S/C8H7ClN2O4/c1-4-5(11(13)14)3-10-7(9)6(4)8(12)15-2/h3H,1-2H3. The molecule has 1 aromatic rings. The van der Waals surface area contributed by atoms with Crippen LogP contribution in [0.5, 0.6) is 0 Å². The van der Waals surface area contributed by atoms with Crippen molar-refractivity contribution in [2.24, 2.45) is 0 Å². The van der Waals surface area contributed by atoms with E-state index in [4.69, 9.17) is 11.6 Å². The molecule has 6 nitrogen and oxygen atoms in total. The summed E-state index contributed by atoms with van der Waals surface area (Å²) in [5.74, 6) is -0.742. The minimum absolute atomic E-state index is 0.0756. The number of pyridine rings is 1. The Kier molecular flexibility index (Phi) is 3.21. The second-order valence-corrected chi connectivity index (χ2v) is 3.04. The number of hydrogen-bond acceptors (Lipinski definition) is 5. The van der Waals surface area contributed by atoms with Gasteiger partial charge in [0.15, 0.2) is 0 Å². The van der Waals surface area contributed by atoms with Gasteiger partial charge in [0.25, 0.3) is 5.69 Å². The normalized spacial score (nSPS) is 9.80. The Morgan fingerprint density at radius 2 is 2.27 bits per heavy atom. The molecule has 0 amide bonds. The lowest BCUT2D eigenvalue weighted by molar-refractivity contribution is -0.385. The first-order valence-corrected chi connectivity index (χ1v) is 4.24. The number of hydrogen-bond donors (Lipinski definition) is 0. The van der Waals surface area contributed by atoms with Crippen molar-refractivity contribution >= 4 is 23.3 Å². The Balaban J connectivity index is 3.43. The van der Waals surface area contributed by atoms with Crippen LogP contribution in [-0.2, 0) is 4.74 Å². The molecule has 1 rings (SSSR count). The fourth-order valence-corrected chi connectivity index (χ4v) is 1.35. The zero-order valence-electron chi connectivity index (χ0n) is 7.98. The highest BCUT2D eigenvalue weighted by molar-refractivity contribution is 6.32. The van der Waals surface area contributed by atoms with E-state index in [-0.39, 0.29) is 22.0 Å². The first-order valence-electron chi connectivity index (χ1n) is 3.86. The maximum absolute atomic E-state index is 11.3. The molecule has 0 radical (unpaired) electrons. The second-order valence-electron chi connectivity index (χ2n) is 2.68. The number of carbonyl (C=O) groups is 1. The van der Waals surface area contributed by atoms with E-state index in [0.717, 1.165) is 13.3 Å². The van der Waals surface area contributed by atoms with Gasteiger partial charge in [0, 0.05) is 5.56 Å². The monoisotopic (exact) mass is 230 g/mol. The molecule has 0 aliphatic carbocycles. The van der Waals surface area contributed by atoms with Crippen LogP contribution in [0.3, 0.4) is 0 Å². The molecule has 1 aromatic heterocycles. The van der Waals surface area contributed by atoms with E-state index in [1.807, 2.05) is 0 Å². The maximum Gasteiger partial charge on any atom is 0.341 e. The Hall–Kier alpha value is -1.69. The van der Waals surface area contributed by atoms with Gasteiger partial charge in [-0.3, -0.25) is 10.1 Å². The highest BCUT2D eigenvalue weighted by Gasteiger charge is 2.23. The van der Waals surface area contributed by atoms with Crippen LogP contribution in [0.25, 0.3) is 0 Å². The molecule has 1 heterocycles. The minimum atomic E-state index is -0.742. The van der Waals surface area contributed by atoms with Gasteiger partial charge in [-0.25, -0.2) is 9.78 Å². The number of esters is 1. The summed E-state index contributed by atoms with van der Waals surface area (Å²) >= 11 is 5.65. The summed E-state index contributed by atoms with van der Waals surface area (Å²) < 4.78 is 4.45. The van der Waals surface area contributed by atoms with Crippen LogP contribution in [0.1, 0.15) is 15.9 Å². The summed E-state index contributed by atoms with van der Waals surface area (Å²) in [6.07, 6.45) is 1.00. The number of ether oxygens (including phenoxy) is 1. The molecule has 0 saturated carbocycles. The van der Waals surface area contributed by atoms with Gasteiger partial charge < -0.3 is 4.74 Å². The van der Waals surface area contributed by atoms with Crippen molar-refractivity contribution in [2.75, 3.05) is 7.11 Å². The summed E-state index contributed by atoms with van der Waals surface area (Å²) in [6, 6.07) is 0. The van der Waals surface area contributed by atoms with Crippen molar-refractivity contribution < 1.29 is 14.5 Å². The molecular formula is C8H7ClN2O4. The van der Waals surface area contributed by atoms with Gasteiger partial charge in [0.05, 0.1) is 12.0 Å². The average molecular weight is 231 g/mol. The van der Waals surface area contributed by atoms with E-state index in [9.17, 15) is 14.9 Å². The summed E-state index contributed by atoms with van der Waals surface area (Å²) in [5.41, 5.74) is -0.194. The van der Waals surface area contributed by atoms with Gasteiger partial charge in [0.2, 0.25) is 0 Å². The van der Waals surface area contributed by atoms with Gasteiger partial charge in [-0.05, 0) is 6.92 Å².